The van der Waals surface area contributed by atoms with Crippen molar-refractivity contribution in [3.63, 3.8) is 0 Å². The minimum atomic E-state index is -1.48. The highest BCUT2D eigenvalue weighted by Crippen LogP contribution is 2.67. The average molecular weight is 563 g/mol. The van der Waals surface area contributed by atoms with E-state index in [0.29, 0.717) is 18.4 Å². The van der Waals surface area contributed by atoms with Crippen LogP contribution in [-0.4, -0.2) is 59.9 Å². The van der Waals surface area contributed by atoms with E-state index in [1.165, 1.54) is 20.8 Å². The summed E-state index contributed by atoms with van der Waals surface area (Å²) in [7, 11) is 0. The Morgan fingerprint density at radius 3 is 2.25 bits per heavy atom. The molecule has 40 heavy (non-hydrogen) atoms. The van der Waals surface area contributed by atoms with Gasteiger partial charge in [0.25, 0.3) is 0 Å². The molecule has 1 heterocycles. The molecule has 0 aromatic heterocycles. The van der Waals surface area contributed by atoms with Gasteiger partial charge in [0.2, 0.25) is 12.6 Å². The van der Waals surface area contributed by atoms with E-state index in [1.807, 2.05) is 33.8 Å². The monoisotopic (exact) mass is 562 g/mol. The van der Waals surface area contributed by atoms with Crippen molar-refractivity contribution in [3.05, 3.63) is 36.0 Å². The second-order valence-corrected chi connectivity index (χ2v) is 11.3. The maximum atomic E-state index is 12.6. The molecule has 10 heteroatoms. The van der Waals surface area contributed by atoms with E-state index in [-0.39, 0.29) is 12.8 Å². The highest BCUT2D eigenvalue weighted by molar-refractivity contribution is 5.70. The molecule has 2 aliphatic carbocycles. The summed E-state index contributed by atoms with van der Waals surface area (Å²) in [5.74, 6) is -3.23. The van der Waals surface area contributed by atoms with Gasteiger partial charge in [0, 0.05) is 38.7 Å². The standard InChI is InChI=1S/C30H42O10/c1-9-11-24(34)39-27-22-14-21(36-18(5)31)15-23-29(8,13-12-16(3)10-2)17(4)25(37-19(6)32)26(35)30(22,23)28(40-27)38-20(7)33/h10,12,14,17,21,23,25-28,35H,2,9,11,13,15H2,1,3-8H3. The van der Waals surface area contributed by atoms with Crippen molar-refractivity contribution in [2.75, 3.05) is 0 Å². The molecule has 1 saturated heterocycles. The molecule has 3 rings (SSSR count). The van der Waals surface area contributed by atoms with Gasteiger partial charge < -0.3 is 24.1 Å². The number of carbonyl (C=O) groups excluding carboxylic acids is 4. The molecule has 10 nitrogen and oxygen atoms in total. The van der Waals surface area contributed by atoms with E-state index in [1.54, 1.807) is 12.2 Å². The topological polar surface area (TPSA) is 135 Å². The molecule has 1 aliphatic heterocycles. The summed E-state index contributed by atoms with van der Waals surface area (Å²) < 4.78 is 28.9. The van der Waals surface area contributed by atoms with E-state index < -0.39 is 77.4 Å². The number of allylic oxidation sites excluding steroid dienone is 3. The molecule has 0 bridgehead atoms. The Bertz CT molecular complexity index is 1090. The van der Waals surface area contributed by atoms with Gasteiger partial charge in [-0.2, -0.15) is 0 Å². The second-order valence-electron chi connectivity index (χ2n) is 11.3. The number of hydrogen-bond acceptors (Lipinski definition) is 10. The molecule has 3 aliphatic rings. The van der Waals surface area contributed by atoms with Gasteiger partial charge in [-0.15, -0.1) is 0 Å². The van der Waals surface area contributed by atoms with Gasteiger partial charge in [-0.05, 0) is 43.6 Å². The fraction of sp³-hybridized carbons (Fsp3) is 0.667. The van der Waals surface area contributed by atoms with Crippen LogP contribution >= 0.6 is 0 Å². The van der Waals surface area contributed by atoms with E-state index in [4.69, 9.17) is 23.7 Å². The van der Waals surface area contributed by atoms with Crippen LogP contribution in [0.25, 0.3) is 0 Å². The van der Waals surface area contributed by atoms with Crippen LogP contribution in [-0.2, 0) is 42.9 Å². The number of aliphatic hydroxyl groups excluding tert-OH is 1. The molecule has 0 aromatic carbocycles. The third-order valence-electron chi connectivity index (χ3n) is 8.70. The summed E-state index contributed by atoms with van der Waals surface area (Å²) >= 11 is 0. The van der Waals surface area contributed by atoms with Crippen molar-refractivity contribution in [2.24, 2.45) is 22.7 Å². The zero-order valence-corrected chi connectivity index (χ0v) is 24.4. The Balaban J connectivity index is 2.32. The van der Waals surface area contributed by atoms with Crippen LogP contribution in [0.2, 0.25) is 0 Å². The van der Waals surface area contributed by atoms with E-state index in [9.17, 15) is 24.3 Å². The predicted molar refractivity (Wildman–Crippen MR) is 143 cm³/mol. The van der Waals surface area contributed by atoms with Crippen LogP contribution in [0.3, 0.4) is 0 Å². The number of rotatable bonds is 9. The van der Waals surface area contributed by atoms with Crippen molar-refractivity contribution < 1.29 is 48.0 Å². The first-order chi connectivity index (χ1) is 18.7. The molecular formula is C30H42O10. The molecule has 1 spiro atoms. The Morgan fingerprint density at radius 2 is 1.70 bits per heavy atom. The number of hydrogen-bond donors (Lipinski definition) is 1. The highest BCUT2D eigenvalue weighted by Gasteiger charge is 2.74. The van der Waals surface area contributed by atoms with Gasteiger partial charge in [0.1, 0.15) is 18.3 Å². The molecule has 2 fully saturated rings. The van der Waals surface area contributed by atoms with Crippen molar-refractivity contribution in [3.8, 4) is 0 Å². The van der Waals surface area contributed by atoms with Gasteiger partial charge >= 0.3 is 23.9 Å². The molecule has 222 valence electrons. The maximum Gasteiger partial charge on any atom is 0.308 e. The molecule has 9 atom stereocenters. The number of esters is 4. The zero-order valence-electron chi connectivity index (χ0n) is 24.4. The van der Waals surface area contributed by atoms with Gasteiger partial charge in [0.15, 0.2) is 0 Å². The number of aliphatic hydroxyl groups is 1. The Labute approximate surface area is 235 Å². The third-order valence-corrected chi connectivity index (χ3v) is 8.70. The Hall–Kier alpha value is -2.98. The summed E-state index contributed by atoms with van der Waals surface area (Å²) in [4.78, 5) is 49.3. The predicted octanol–water partition coefficient (Wildman–Crippen LogP) is 3.91. The van der Waals surface area contributed by atoms with Crippen LogP contribution < -0.4 is 0 Å². The van der Waals surface area contributed by atoms with Crippen LogP contribution in [0.5, 0.6) is 0 Å². The van der Waals surface area contributed by atoms with Gasteiger partial charge in [0.05, 0.1) is 5.41 Å². The molecule has 1 N–H and O–H groups in total. The van der Waals surface area contributed by atoms with Gasteiger partial charge in [-0.25, -0.2) is 0 Å². The highest BCUT2D eigenvalue weighted by atomic mass is 16.8. The average Bonchev–Trinajstić information content (AvgIpc) is 3.15. The second kappa shape index (κ2) is 12.3. The first-order valence-electron chi connectivity index (χ1n) is 13.8. The Kier molecular flexibility index (Phi) is 9.67. The minimum Gasteiger partial charge on any atom is -0.459 e. The number of carbonyl (C=O) groups is 4. The maximum absolute atomic E-state index is 12.6. The largest absolute Gasteiger partial charge is 0.459 e. The van der Waals surface area contributed by atoms with Crippen molar-refractivity contribution >= 4 is 23.9 Å². The lowest BCUT2D eigenvalue weighted by molar-refractivity contribution is -0.275. The van der Waals surface area contributed by atoms with Gasteiger partial charge in [-0.1, -0.05) is 45.1 Å². The summed E-state index contributed by atoms with van der Waals surface area (Å²) in [6, 6.07) is 0. The summed E-state index contributed by atoms with van der Waals surface area (Å²) in [6.45, 7) is 15.3. The lowest BCUT2D eigenvalue weighted by atomic mass is 9.44. The minimum absolute atomic E-state index is 0.119. The van der Waals surface area contributed by atoms with Crippen molar-refractivity contribution in [1.82, 2.24) is 0 Å². The third kappa shape index (κ3) is 5.74. The smallest absolute Gasteiger partial charge is 0.308 e. The quantitative estimate of drug-likeness (QED) is 0.191. The Morgan fingerprint density at radius 1 is 1.07 bits per heavy atom. The lowest BCUT2D eigenvalue weighted by Crippen LogP contribution is -2.68. The van der Waals surface area contributed by atoms with Crippen molar-refractivity contribution in [2.45, 2.75) is 105 Å². The van der Waals surface area contributed by atoms with Crippen LogP contribution in [0.1, 0.15) is 74.1 Å². The van der Waals surface area contributed by atoms with E-state index >= 15 is 0 Å². The molecule has 1 saturated carbocycles. The number of ether oxygens (including phenoxy) is 5. The van der Waals surface area contributed by atoms with Crippen LogP contribution in [0.4, 0.5) is 0 Å². The molecular weight excluding hydrogens is 520 g/mol. The lowest BCUT2D eigenvalue weighted by Gasteiger charge is -2.62. The summed E-state index contributed by atoms with van der Waals surface area (Å²) in [6.07, 6.45) is 0.875. The van der Waals surface area contributed by atoms with Crippen LogP contribution in [0.15, 0.2) is 36.0 Å². The van der Waals surface area contributed by atoms with E-state index in [2.05, 4.69) is 6.58 Å². The zero-order chi connectivity index (χ0) is 30.0. The summed E-state index contributed by atoms with van der Waals surface area (Å²) in [5.41, 5.74) is -0.952. The molecule has 0 amide bonds. The van der Waals surface area contributed by atoms with Crippen molar-refractivity contribution in [1.29, 1.82) is 0 Å². The van der Waals surface area contributed by atoms with Crippen LogP contribution in [0, 0.1) is 22.7 Å². The molecule has 0 aromatic rings. The fourth-order valence-electron chi connectivity index (χ4n) is 6.69. The first-order valence-corrected chi connectivity index (χ1v) is 13.8. The fourth-order valence-corrected chi connectivity index (χ4v) is 6.69. The normalized spacial score (nSPS) is 36.9. The first kappa shape index (κ1) is 31.5. The van der Waals surface area contributed by atoms with Gasteiger partial charge in [-0.3, -0.25) is 23.9 Å². The molecule has 9 unspecified atom stereocenters. The van der Waals surface area contributed by atoms with E-state index in [0.717, 1.165) is 5.57 Å². The SMILES string of the molecule is C=CC(C)=CCC1(C)C(C)C(OC(C)=O)C(O)C23C(=CC(OC(C)=O)CC12)C(OC(=O)CCC)OC3OC(C)=O. The molecule has 0 radical (unpaired) electrons. The summed E-state index contributed by atoms with van der Waals surface area (Å²) in [5, 5.41) is 12.1.